The number of nitrogens with one attached hydrogen (secondary N) is 3. The van der Waals surface area contributed by atoms with Crippen molar-refractivity contribution in [2.45, 2.75) is 19.9 Å². The second-order valence-electron chi connectivity index (χ2n) is 5.98. The van der Waals surface area contributed by atoms with Crippen molar-refractivity contribution in [1.82, 2.24) is 21.0 Å². The highest BCUT2D eigenvalue weighted by atomic mass is 19.1. The van der Waals surface area contributed by atoms with Gasteiger partial charge in [-0.2, -0.15) is 0 Å². The number of nitrogens with zero attached hydrogens (tertiary/aromatic N) is 2. The van der Waals surface area contributed by atoms with Crippen LogP contribution >= 0.6 is 0 Å². The third-order valence-corrected chi connectivity index (χ3v) is 3.74. The van der Waals surface area contributed by atoms with Crippen molar-refractivity contribution in [2.75, 3.05) is 13.1 Å². The summed E-state index contributed by atoms with van der Waals surface area (Å²) in [6, 6.07) is 4.20. The number of benzene rings is 1. The van der Waals surface area contributed by atoms with Gasteiger partial charge in [0.05, 0.1) is 18.7 Å². The van der Waals surface area contributed by atoms with E-state index in [9.17, 15) is 14.0 Å². The molecule has 2 amide bonds. The second kappa shape index (κ2) is 10.1. The highest BCUT2D eigenvalue weighted by Crippen LogP contribution is 2.12. The van der Waals surface area contributed by atoms with Gasteiger partial charge in [0, 0.05) is 25.2 Å². The van der Waals surface area contributed by atoms with E-state index >= 15 is 0 Å². The van der Waals surface area contributed by atoms with Gasteiger partial charge in [0.25, 0.3) is 11.8 Å². The highest BCUT2D eigenvalue weighted by molar-refractivity contribution is 5.95. The lowest BCUT2D eigenvalue weighted by atomic mass is 10.1. The maximum atomic E-state index is 13.9. The van der Waals surface area contributed by atoms with E-state index in [-0.39, 0.29) is 23.6 Å². The summed E-state index contributed by atoms with van der Waals surface area (Å²) in [5.74, 6) is 4.45. The number of aliphatic imine (C=N–C) groups is 1. The van der Waals surface area contributed by atoms with Crippen LogP contribution in [0.1, 0.15) is 29.3 Å². The van der Waals surface area contributed by atoms with E-state index in [2.05, 4.69) is 20.9 Å². The van der Waals surface area contributed by atoms with Crippen LogP contribution < -0.4 is 27.5 Å². The Labute approximate surface area is 162 Å². The second-order valence-corrected chi connectivity index (χ2v) is 5.98. The molecule has 1 heterocycles. The highest BCUT2D eigenvalue weighted by Gasteiger charge is 2.14. The smallest absolute Gasteiger partial charge is 0.275 e. The third kappa shape index (κ3) is 5.81. The van der Waals surface area contributed by atoms with E-state index in [4.69, 9.17) is 11.6 Å². The lowest BCUT2D eigenvalue weighted by Crippen LogP contribution is -2.35. The van der Waals surface area contributed by atoms with Crippen LogP contribution in [0, 0.1) is 5.82 Å². The van der Waals surface area contributed by atoms with Crippen LogP contribution in [0.25, 0.3) is 0 Å². The standard InChI is InChI=1S/C18H24FN7O2/c1-2-5-24-17(27)13-10-12(3-4-14(13)19)11-26(21)9-8-25-18(28)15-16(20)23-7-6-22-15/h3-4,7-10,22H,2,5-6,11,20-21H2,1H3,(H,24,27)(H,25,28)/b9-8+. The van der Waals surface area contributed by atoms with Gasteiger partial charge in [0.15, 0.2) is 5.82 Å². The van der Waals surface area contributed by atoms with Gasteiger partial charge < -0.3 is 26.7 Å². The molecule has 0 unspecified atom stereocenters. The largest absolute Gasteiger partial charge is 0.382 e. The SMILES string of the molecule is CCCNC(=O)c1cc(CN(N)/C=C/NC(=O)C2=C(N)N=CCN2)ccc1F. The van der Waals surface area contributed by atoms with Gasteiger partial charge >= 0.3 is 0 Å². The number of nitrogens with two attached hydrogens (primary N) is 2. The molecule has 0 fully saturated rings. The molecule has 28 heavy (non-hydrogen) atoms. The number of hydrogen-bond acceptors (Lipinski definition) is 7. The van der Waals surface area contributed by atoms with E-state index in [1.807, 2.05) is 6.92 Å². The molecule has 1 aromatic carbocycles. The summed E-state index contributed by atoms with van der Waals surface area (Å²) in [4.78, 5) is 27.9. The Kier molecular flexibility index (Phi) is 7.52. The molecule has 1 aromatic rings. The molecule has 0 saturated heterocycles. The van der Waals surface area contributed by atoms with Crippen LogP contribution in [0.2, 0.25) is 0 Å². The van der Waals surface area contributed by atoms with Crippen LogP contribution in [-0.2, 0) is 11.3 Å². The van der Waals surface area contributed by atoms with Gasteiger partial charge in [-0.1, -0.05) is 13.0 Å². The summed E-state index contributed by atoms with van der Waals surface area (Å²) in [6.45, 7) is 2.99. The Hall–Kier alpha value is -3.40. The molecular formula is C18H24FN7O2. The molecule has 0 aliphatic carbocycles. The summed E-state index contributed by atoms with van der Waals surface area (Å²) in [5.41, 5.74) is 6.41. The van der Waals surface area contributed by atoms with Crippen molar-refractivity contribution < 1.29 is 14.0 Å². The predicted octanol–water partition coefficient (Wildman–Crippen LogP) is 0.0304. The molecule has 0 spiro atoms. The lowest BCUT2D eigenvalue weighted by Gasteiger charge is -2.15. The zero-order valence-corrected chi connectivity index (χ0v) is 15.5. The molecule has 1 aliphatic rings. The fourth-order valence-electron chi connectivity index (χ4n) is 2.37. The van der Waals surface area contributed by atoms with Crippen LogP contribution in [-0.4, -0.2) is 36.1 Å². The number of hydrogen-bond donors (Lipinski definition) is 5. The minimum Gasteiger partial charge on any atom is -0.382 e. The van der Waals surface area contributed by atoms with Crippen molar-refractivity contribution in [3.05, 3.63) is 59.1 Å². The average Bonchev–Trinajstić information content (AvgIpc) is 2.67. The molecule has 0 atom stereocenters. The zero-order valence-electron chi connectivity index (χ0n) is 15.5. The number of carbonyl (C=O) groups is 2. The van der Waals surface area contributed by atoms with E-state index in [1.54, 1.807) is 6.21 Å². The van der Waals surface area contributed by atoms with Gasteiger partial charge in [-0.25, -0.2) is 15.2 Å². The van der Waals surface area contributed by atoms with Crippen molar-refractivity contribution in [1.29, 1.82) is 0 Å². The Bertz CT molecular complexity index is 820. The summed E-state index contributed by atoms with van der Waals surface area (Å²) < 4.78 is 13.9. The van der Waals surface area contributed by atoms with E-state index in [0.29, 0.717) is 18.7 Å². The Morgan fingerprint density at radius 2 is 2.18 bits per heavy atom. The fourth-order valence-corrected chi connectivity index (χ4v) is 2.37. The monoisotopic (exact) mass is 389 g/mol. The molecule has 9 nitrogen and oxygen atoms in total. The van der Waals surface area contributed by atoms with Crippen LogP contribution in [0.5, 0.6) is 0 Å². The molecule has 150 valence electrons. The van der Waals surface area contributed by atoms with Crippen LogP contribution in [0.4, 0.5) is 4.39 Å². The van der Waals surface area contributed by atoms with Gasteiger partial charge in [-0.05, 0) is 24.1 Å². The number of amides is 2. The number of rotatable bonds is 8. The number of halogens is 1. The van der Waals surface area contributed by atoms with Gasteiger partial charge in [0.2, 0.25) is 0 Å². The topological polar surface area (TPSA) is 138 Å². The van der Waals surface area contributed by atoms with E-state index in [0.717, 1.165) is 6.42 Å². The Morgan fingerprint density at radius 1 is 1.39 bits per heavy atom. The maximum absolute atomic E-state index is 13.9. The number of carbonyl (C=O) groups excluding carboxylic acids is 2. The molecule has 0 bridgehead atoms. The Balaban J connectivity index is 1.94. The Morgan fingerprint density at radius 3 is 2.89 bits per heavy atom. The van der Waals surface area contributed by atoms with Crippen molar-refractivity contribution in [3.8, 4) is 0 Å². The first-order valence-corrected chi connectivity index (χ1v) is 8.74. The fraction of sp³-hybridized carbons (Fsp3) is 0.278. The predicted molar refractivity (Wildman–Crippen MR) is 104 cm³/mol. The summed E-state index contributed by atoms with van der Waals surface area (Å²) in [5, 5.41) is 9.27. The molecule has 1 aliphatic heterocycles. The van der Waals surface area contributed by atoms with Crippen molar-refractivity contribution in [2.24, 2.45) is 16.6 Å². The molecular weight excluding hydrogens is 365 g/mol. The maximum Gasteiger partial charge on any atom is 0.275 e. The minimum absolute atomic E-state index is 0.0389. The molecule has 10 heteroatoms. The lowest BCUT2D eigenvalue weighted by molar-refractivity contribution is -0.117. The zero-order chi connectivity index (χ0) is 20.5. The molecule has 7 N–H and O–H groups in total. The van der Waals surface area contributed by atoms with Crippen LogP contribution in [0.15, 0.2) is 47.1 Å². The molecule has 0 radical (unpaired) electrons. The third-order valence-electron chi connectivity index (χ3n) is 3.74. The van der Waals surface area contributed by atoms with E-state index < -0.39 is 17.6 Å². The van der Waals surface area contributed by atoms with E-state index in [1.165, 1.54) is 35.6 Å². The van der Waals surface area contributed by atoms with Crippen molar-refractivity contribution >= 4 is 18.0 Å². The summed E-state index contributed by atoms with van der Waals surface area (Å²) in [6.07, 6.45) is 5.09. The molecule has 2 rings (SSSR count). The first-order valence-electron chi connectivity index (χ1n) is 8.74. The number of hydrazine groups is 1. The summed E-state index contributed by atoms with van der Waals surface area (Å²) >= 11 is 0. The minimum atomic E-state index is -0.600. The first-order chi connectivity index (χ1) is 13.4. The molecule has 0 aromatic heterocycles. The van der Waals surface area contributed by atoms with Crippen LogP contribution in [0.3, 0.4) is 0 Å². The normalized spacial score (nSPS) is 13.4. The summed E-state index contributed by atoms with van der Waals surface area (Å²) in [7, 11) is 0. The van der Waals surface area contributed by atoms with Gasteiger partial charge in [-0.15, -0.1) is 0 Å². The molecule has 0 saturated carbocycles. The quantitative estimate of drug-likeness (QED) is 0.314. The first kappa shape index (κ1) is 20.9. The average molecular weight is 389 g/mol. The van der Waals surface area contributed by atoms with Gasteiger partial charge in [-0.3, -0.25) is 9.59 Å². The van der Waals surface area contributed by atoms with Gasteiger partial charge in [0.1, 0.15) is 11.5 Å². The van der Waals surface area contributed by atoms with Crippen molar-refractivity contribution in [3.63, 3.8) is 0 Å².